The highest BCUT2D eigenvalue weighted by atomic mass is 16.5. The molecule has 0 radical (unpaired) electrons. The van der Waals surface area contributed by atoms with Crippen LogP contribution in [0.2, 0.25) is 0 Å². The Bertz CT molecular complexity index is 746. The van der Waals surface area contributed by atoms with Crippen molar-refractivity contribution in [1.82, 2.24) is 5.32 Å². The standard InChI is InChI=1S/C46H91NO5/c1-4-7-10-13-16-19-21-22-23-24-26-29-32-35-38-44(49)43(41-48)47-45(50)40-42(37-34-31-28-25-18-15-12-9-6-3)52-46(51)39-36-33-30-27-20-17-14-11-8-5-2/h42-44,48-49H,4-41H2,1-3H3,(H,47,50). The van der Waals surface area contributed by atoms with E-state index in [1.165, 1.54) is 167 Å². The highest BCUT2D eigenvalue weighted by molar-refractivity contribution is 5.77. The van der Waals surface area contributed by atoms with Gasteiger partial charge in [0.25, 0.3) is 0 Å². The summed E-state index contributed by atoms with van der Waals surface area (Å²) in [5, 5.41) is 23.6. The van der Waals surface area contributed by atoms with Crippen LogP contribution in [0.3, 0.4) is 0 Å². The average Bonchev–Trinajstić information content (AvgIpc) is 3.13. The fraction of sp³-hybridized carbons (Fsp3) is 0.957. The molecule has 0 aromatic carbocycles. The van der Waals surface area contributed by atoms with E-state index in [9.17, 15) is 19.8 Å². The summed E-state index contributed by atoms with van der Waals surface area (Å²) in [5.74, 6) is -0.462. The van der Waals surface area contributed by atoms with Crippen molar-refractivity contribution >= 4 is 11.9 Å². The second kappa shape index (κ2) is 41.0. The molecule has 3 unspecified atom stereocenters. The number of hydrogen-bond acceptors (Lipinski definition) is 5. The topological polar surface area (TPSA) is 95.9 Å². The quantitative estimate of drug-likeness (QED) is 0.0428. The molecular formula is C46H91NO5. The molecule has 0 rings (SSSR count). The van der Waals surface area contributed by atoms with Crippen molar-refractivity contribution in [2.24, 2.45) is 0 Å². The summed E-state index contributed by atoms with van der Waals surface area (Å²) >= 11 is 0. The first-order valence-electron chi connectivity index (χ1n) is 23.3. The number of rotatable bonds is 42. The monoisotopic (exact) mass is 738 g/mol. The van der Waals surface area contributed by atoms with Crippen LogP contribution in [0.1, 0.15) is 258 Å². The van der Waals surface area contributed by atoms with Crippen LogP contribution in [-0.2, 0) is 14.3 Å². The molecule has 0 aliphatic rings. The lowest BCUT2D eigenvalue weighted by molar-refractivity contribution is -0.151. The lowest BCUT2D eigenvalue weighted by Crippen LogP contribution is -2.46. The van der Waals surface area contributed by atoms with Crippen LogP contribution in [0.5, 0.6) is 0 Å². The van der Waals surface area contributed by atoms with E-state index in [1.807, 2.05) is 0 Å². The highest BCUT2D eigenvalue weighted by Crippen LogP contribution is 2.18. The van der Waals surface area contributed by atoms with Crippen LogP contribution in [0.25, 0.3) is 0 Å². The maximum atomic E-state index is 13.1. The van der Waals surface area contributed by atoms with Gasteiger partial charge in [-0.15, -0.1) is 0 Å². The van der Waals surface area contributed by atoms with Crippen molar-refractivity contribution in [3.8, 4) is 0 Å². The Morgan fingerprint density at radius 1 is 0.481 bits per heavy atom. The van der Waals surface area contributed by atoms with E-state index >= 15 is 0 Å². The van der Waals surface area contributed by atoms with Crippen LogP contribution < -0.4 is 5.32 Å². The third-order valence-electron chi connectivity index (χ3n) is 10.9. The Hall–Kier alpha value is -1.14. The van der Waals surface area contributed by atoms with Crippen LogP contribution >= 0.6 is 0 Å². The molecule has 310 valence electrons. The second-order valence-electron chi connectivity index (χ2n) is 16.2. The number of esters is 1. The number of ether oxygens (including phenoxy) is 1. The van der Waals surface area contributed by atoms with E-state index in [0.717, 1.165) is 44.9 Å². The third-order valence-corrected chi connectivity index (χ3v) is 10.9. The fourth-order valence-corrected chi connectivity index (χ4v) is 7.37. The van der Waals surface area contributed by atoms with Crippen molar-refractivity contribution in [3.05, 3.63) is 0 Å². The van der Waals surface area contributed by atoms with Crippen LogP contribution in [0.4, 0.5) is 0 Å². The first kappa shape index (κ1) is 50.9. The van der Waals surface area contributed by atoms with E-state index in [-0.39, 0.29) is 24.9 Å². The molecule has 0 saturated carbocycles. The number of amides is 1. The van der Waals surface area contributed by atoms with Gasteiger partial charge in [-0.1, -0.05) is 220 Å². The first-order chi connectivity index (χ1) is 25.5. The van der Waals surface area contributed by atoms with E-state index < -0.39 is 18.2 Å². The molecule has 6 nitrogen and oxygen atoms in total. The third kappa shape index (κ3) is 35.9. The molecule has 0 fully saturated rings. The number of carbonyl (C=O) groups is 2. The number of carbonyl (C=O) groups excluding carboxylic acids is 2. The van der Waals surface area contributed by atoms with E-state index in [1.54, 1.807) is 0 Å². The molecule has 1 amide bonds. The Labute approximate surface area is 324 Å². The van der Waals surface area contributed by atoms with Gasteiger partial charge >= 0.3 is 5.97 Å². The van der Waals surface area contributed by atoms with Gasteiger partial charge < -0.3 is 20.3 Å². The summed E-state index contributed by atoms with van der Waals surface area (Å²) in [6.45, 7) is 6.46. The summed E-state index contributed by atoms with van der Waals surface area (Å²) < 4.78 is 5.88. The van der Waals surface area contributed by atoms with Crippen molar-refractivity contribution in [2.45, 2.75) is 277 Å². The summed E-state index contributed by atoms with van der Waals surface area (Å²) in [5.41, 5.74) is 0. The zero-order valence-corrected chi connectivity index (χ0v) is 35.2. The summed E-state index contributed by atoms with van der Waals surface area (Å²) in [4.78, 5) is 25.9. The van der Waals surface area contributed by atoms with Gasteiger partial charge in [-0.05, 0) is 25.7 Å². The molecule has 0 aliphatic heterocycles. The summed E-state index contributed by atoms with van der Waals surface area (Å²) in [7, 11) is 0. The Kier molecular flexibility index (Phi) is 40.1. The van der Waals surface area contributed by atoms with Crippen molar-refractivity contribution in [1.29, 1.82) is 0 Å². The maximum Gasteiger partial charge on any atom is 0.306 e. The Morgan fingerprint density at radius 2 is 0.808 bits per heavy atom. The number of aliphatic hydroxyl groups excluding tert-OH is 2. The van der Waals surface area contributed by atoms with Crippen LogP contribution in [-0.4, -0.2) is 46.9 Å². The van der Waals surface area contributed by atoms with Crippen LogP contribution in [0.15, 0.2) is 0 Å². The van der Waals surface area contributed by atoms with Crippen molar-refractivity contribution in [2.75, 3.05) is 6.61 Å². The van der Waals surface area contributed by atoms with Crippen LogP contribution in [0, 0.1) is 0 Å². The van der Waals surface area contributed by atoms with Gasteiger partial charge in [0.2, 0.25) is 5.91 Å². The normalized spacial score (nSPS) is 13.2. The highest BCUT2D eigenvalue weighted by Gasteiger charge is 2.24. The predicted molar refractivity (Wildman–Crippen MR) is 223 cm³/mol. The van der Waals surface area contributed by atoms with E-state index in [4.69, 9.17) is 4.74 Å². The minimum absolute atomic E-state index is 0.0862. The van der Waals surface area contributed by atoms with Gasteiger partial charge in [0.05, 0.1) is 25.2 Å². The number of unbranched alkanes of at least 4 members (excludes halogenated alkanes) is 30. The molecular weight excluding hydrogens is 647 g/mol. The van der Waals surface area contributed by atoms with Gasteiger partial charge in [-0.2, -0.15) is 0 Å². The predicted octanol–water partition coefficient (Wildman–Crippen LogP) is 13.2. The minimum Gasteiger partial charge on any atom is -0.462 e. The zero-order chi connectivity index (χ0) is 38.2. The number of hydrogen-bond donors (Lipinski definition) is 3. The number of aliphatic hydroxyl groups is 2. The molecule has 0 saturated heterocycles. The van der Waals surface area contributed by atoms with Gasteiger partial charge in [-0.3, -0.25) is 9.59 Å². The first-order valence-corrected chi connectivity index (χ1v) is 23.3. The average molecular weight is 738 g/mol. The molecule has 0 aromatic rings. The van der Waals surface area contributed by atoms with E-state index in [2.05, 4.69) is 26.1 Å². The Morgan fingerprint density at radius 3 is 1.17 bits per heavy atom. The number of nitrogens with one attached hydrogen (secondary N) is 1. The van der Waals surface area contributed by atoms with Gasteiger partial charge in [0.15, 0.2) is 0 Å². The molecule has 0 bridgehead atoms. The fourth-order valence-electron chi connectivity index (χ4n) is 7.37. The maximum absolute atomic E-state index is 13.1. The summed E-state index contributed by atoms with van der Waals surface area (Å²) in [6.07, 6.45) is 41.6. The second-order valence-corrected chi connectivity index (χ2v) is 16.2. The SMILES string of the molecule is CCCCCCCCCCCCCCCCC(O)C(CO)NC(=O)CC(CCCCCCCCCCC)OC(=O)CCCCCCCCCCCC. The smallest absolute Gasteiger partial charge is 0.306 e. The molecule has 6 heteroatoms. The van der Waals surface area contributed by atoms with E-state index in [0.29, 0.717) is 19.3 Å². The molecule has 0 spiro atoms. The van der Waals surface area contributed by atoms with Gasteiger partial charge in [0, 0.05) is 6.42 Å². The van der Waals surface area contributed by atoms with Crippen molar-refractivity contribution < 1.29 is 24.5 Å². The molecule has 0 aliphatic carbocycles. The molecule has 3 atom stereocenters. The molecule has 3 N–H and O–H groups in total. The molecule has 0 heterocycles. The molecule has 52 heavy (non-hydrogen) atoms. The lowest BCUT2D eigenvalue weighted by Gasteiger charge is -2.24. The zero-order valence-electron chi connectivity index (χ0n) is 35.2. The van der Waals surface area contributed by atoms with Gasteiger partial charge in [0.1, 0.15) is 6.10 Å². The van der Waals surface area contributed by atoms with Crippen molar-refractivity contribution in [3.63, 3.8) is 0 Å². The van der Waals surface area contributed by atoms with Gasteiger partial charge in [-0.25, -0.2) is 0 Å². The lowest BCUT2D eigenvalue weighted by atomic mass is 10.0. The minimum atomic E-state index is -0.777. The largest absolute Gasteiger partial charge is 0.462 e. The molecule has 0 aromatic heterocycles. The Balaban J connectivity index is 4.45. The summed E-state index contributed by atoms with van der Waals surface area (Å²) in [6, 6.07) is -0.690.